The summed E-state index contributed by atoms with van der Waals surface area (Å²) in [6, 6.07) is 11.1. The first-order valence-electron chi connectivity index (χ1n) is 10.3. The van der Waals surface area contributed by atoms with Crippen LogP contribution in [-0.4, -0.2) is 44.2 Å². The Morgan fingerprint density at radius 1 is 1.14 bits per heavy atom. The van der Waals surface area contributed by atoms with Crippen LogP contribution in [0.15, 0.2) is 35.7 Å². The Kier molecular flexibility index (Phi) is 6.17. The SMILES string of the molecule is CN1CCCc2cc(C(CNC(=O)NCc3cccs3)N3CCCC3)ccc21. The molecule has 0 spiro atoms. The molecule has 0 bridgehead atoms. The first-order chi connectivity index (χ1) is 13.7. The van der Waals surface area contributed by atoms with Crippen LogP contribution in [0.3, 0.4) is 0 Å². The number of carbonyl (C=O) groups is 1. The van der Waals surface area contributed by atoms with E-state index < -0.39 is 0 Å². The normalized spacial score (nSPS) is 18.0. The zero-order valence-corrected chi connectivity index (χ0v) is 17.4. The molecule has 1 saturated heterocycles. The molecule has 2 amide bonds. The van der Waals surface area contributed by atoms with Crippen molar-refractivity contribution >= 4 is 23.1 Å². The van der Waals surface area contributed by atoms with Gasteiger partial charge in [-0.1, -0.05) is 18.2 Å². The molecule has 150 valence electrons. The lowest BCUT2D eigenvalue weighted by molar-refractivity contribution is 0.220. The van der Waals surface area contributed by atoms with Crippen LogP contribution in [0.5, 0.6) is 0 Å². The number of carbonyl (C=O) groups excluding carboxylic acids is 1. The van der Waals surface area contributed by atoms with Gasteiger partial charge in [-0.25, -0.2) is 4.79 Å². The highest BCUT2D eigenvalue weighted by atomic mass is 32.1. The van der Waals surface area contributed by atoms with E-state index in [0.717, 1.165) is 26.1 Å². The van der Waals surface area contributed by atoms with Crippen LogP contribution < -0.4 is 15.5 Å². The van der Waals surface area contributed by atoms with E-state index in [2.05, 4.69) is 45.7 Å². The fraction of sp³-hybridized carbons (Fsp3) is 0.500. The highest BCUT2D eigenvalue weighted by Gasteiger charge is 2.25. The quantitative estimate of drug-likeness (QED) is 0.779. The van der Waals surface area contributed by atoms with Gasteiger partial charge in [0, 0.05) is 30.7 Å². The molecule has 1 atom stereocenters. The summed E-state index contributed by atoms with van der Waals surface area (Å²) in [6.07, 6.45) is 4.85. The number of nitrogens with one attached hydrogen (secondary N) is 2. The summed E-state index contributed by atoms with van der Waals surface area (Å²) in [6.45, 7) is 4.59. The van der Waals surface area contributed by atoms with Gasteiger partial charge >= 0.3 is 6.03 Å². The van der Waals surface area contributed by atoms with Crippen molar-refractivity contribution in [2.24, 2.45) is 0 Å². The molecule has 3 heterocycles. The van der Waals surface area contributed by atoms with Crippen LogP contribution in [0, 0.1) is 0 Å². The molecule has 0 saturated carbocycles. The lowest BCUT2D eigenvalue weighted by Gasteiger charge is -2.32. The summed E-state index contributed by atoms with van der Waals surface area (Å²) in [5, 5.41) is 8.12. The summed E-state index contributed by atoms with van der Waals surface area (Å²) < 4.78 is 0. The zero-order valence-electron chi connectivity index (χ0n) is 16.6. The van der Waals surface area contributed by atoms with E-state index >= 15 is 0 Å². The number of thiophene rings is 1. The molecule has 1 unspecified atom stereocenters. The van der Waals surface area contributed by atoms with Crippen molar-refractivity contribution in [1.82, 2.24) is 15.5 Å². The number of rotatable bonds is 6. The highest BCUT2D eigenvalue weighted by molar-refractivity contribution is 7.09. The number of benzene rings is 1. The number of aryl methyl sites for hydroxylation is 1. The van der Waals surface area contributed by atoms with Crippen molar-refractivity contribution in [3.63, 3.8) is 0 Å². The molecule has 2 aromatic rings. The van der Waals surface area contributed by atoms with Crippen LogP contribution in [0.4, 0.5) is 10.5 Å². The van der Waals surface area contributed by atoms with Gasteiger partial charge in [-0.05, 0) is 67.4 Å². The van der Waals surface area contributed by atoms with E-state index in [1.54, 1.807) is 11.3 Å². The molecule has 1 aromatic heterocycles. The minimum atomic E-state index is -0.0877. The molecule has 0 radical (unpaired) electrons. The summed E-state index contributed by atoms with van der Waals surface area (Å²) in [7, 11) is 2.18. The van der Waals surface area contributed by atoms with Crippen molar-refractivity contribution in [2.75, 3.05) is 38.1 Å². The van der Waals surface area contributed by atoms with Crippen molar-refractivity contribution < 1.29 is 4.79 Å². The lowest BCUT2D eigenvalue weighted by Crippen LogP contribution is -2.41. The number of amides is 2. The molecular formula is C22H30N4OS. The molecule has 4 rings (SSSR count). The predicted molar refractivity (Wildman–Crippen MR) is 116 cm³/mol. The van der Waals surface area contributed by atoms with Crippen LogP contribution in [-0.2, 0) is 13.0 Å². The number of likely N-dealkylation sites (tertiary alicyclic amines) is 1. The number of nitrogens with zero attached hydrogens (tertiary/aromatic N) is 2. The van der Waals surface area contributed by atoms with E-state index in [1.165, 1.54) is 41.0 Å². The fourth-order valence-electron chi connectivity index (χ4n) is 4.36. The van der Waals surface area contributed by atoms with E-state index in [4.69, 9.17) is 0 Å². The average molecular weight is 399 g/mol. The lowest BCUT2D eigenvalue weighted by atomic mass is 9.96. The largest absolute Gasteiger partial charge is 0.374 e. The Hall–Kier alpha value is -2.05. The molecule has 1 aromatic carbocycles. The van der Waals surface area contributed by atoms with E-state index in [1.807, 2.05) is 17.5 Å². The third kappa shape index (κ3) is 4.50. The maximum absolute atomic E-state index is 12.3. The second kappa shape index (κ2) is 8.97. The third-order valence-electron chi connectivity index (χ3n) is 5.88. The molecular weight excluding hydrogens is 368 g/mol. The smallest absolute Gasteiger partial charge is 0.315 e. The Labute approximate surface area is 171 Å². The number of anilines is 1. The van der Waals surface area contributed by atoms with Gasteiger partial charge in [0.15, 0.2) is 0 Å². The number of hydrogen-bond acceptors (Lipinski definition) is 4. The van der Waals surface area contributed by atoms with Crippen molar-refractivity contribution in [2.45, 2.75) is 38.3 Å². The molecule has 2 aliphatic heterocycles. The van der Waals surface area contributed by atoms with Crippen LogP contribution in [0.25, 0.3) is 0 Å². The second-order valence-corrected chi connectivity index (χ2v) is 8.85. The van der Waals surface area contributed by atoms with Crippen molar-refractivity contribution in [1.29, 1.82) is 0 Å². The Morgan fingerprint density at radius 3 is 2.79 bits per heavy atom. The minimum Gasteiger partial charge on any atom is -0.374 e. The summed E-state index contributed by atoms with van der Waals surface area (Å²) >= 11 is 1.67. The van der Waals surface area contributed by atoms with Gasteiger partial charge in [-0.2, -0.15) is 0 Å². The summed E-state index contributed by atoms with van der Waals surface area (Å²) in [5.74, 6) is 0. The maximum atomic E-state index is 12.3. The number of hydrogen-bond donors (Lipinski definition) is 2. The van der Waals surface area contributed by atoms with Gasteiger partial charge in [0.1, 0.15) is 0 Å². The minimum absolute atomic E-state index is 0.0877. The van der Waals surface area contributed by atoms with Crippen LogP contribution in [0.2, 0.25) is 0 Å². The topological polar surface area (TPSA) is 47.6 Å². The fourth-order valence-corrected chi connectivity index (χ4v) is 5.00. The van der Waals surface area contributed by atoms with Gasteiger partial charge in [0.2, 0.25) is 0 Å². The number of urea groups is 1. The van der Waals surface area contributed by atoms with E-state index in [0.29, 0.717) is 13.1 Å². The zero-order chi connectivity index (χ0) is 19.3. The van der Waals surface area contributed by atoms with Gasteiger partial charge in [-0.15, -0.1) is 11.3 Å². The highest BCUT2D eigenvalue weighted by Crippen LogP contribution is 2.31. The molecule has 0 aliphatic carbocycles. The first kappa shape index (κ1) is 19.3. The second-order valence-electron chi connectivity index (χ2n) is 7.82. The monoisotopic (exact) mass is 398 g/mol. The molecule has 2 N–H and O–H groups in total. The van der Waals surface area contributed by atoms with Gasteiger partial charge in [-0.3, -0.25) is 4.90 Å². The summed E-state index contributed by atoms with van der Waals surface area (Å²) in [5.41, 5.74) is 4.13. The molecule has 28 heavy (non-hydrogen) atoms. The Balaban J connectivity index is 1.43. The van der Waals surface area contributed by atoms with Crippen molar-refractivity contribution in [3.8, 4) is 0 Å². The molecule has 5 nitrogen and oxygen atoms in total. The molecule has 2 aliphatic rings. The third-order valence-corrected chi connectivity index (χ3v) is 6.76. The molecule has 1 fully saturated rings. The Morgan fingerprint density at radius 2 is 2.00 bits per heavy atom. The molecule has 6 heteroatoms. The standard InChI is InChI=1S/C22H30N4OS/c1-25-10-4-6-17-14-18(8-9-20(17)25)21(26-11-2-3-12-26)16-24-22(27)23-15-19-7-5-13-28-19/h5,7-9,13-14,21H,2-4,6,10-12,15-16H2,1H3,(H2,23,24,27). The van der Waals surface area contributed by atoms with Gasteiger partial charge in [0.05, 0.1) is 12.6 Å². The first-order valence-corrected chi connectivity index (χ1v) is 11.2. The maximum Gasteiger partial charge on any atom is 0.315 e. The van der Waals surface area contributed by atoms with Gasteiger partial charge in [0.25, 0.3) is 0 Å². The summed E-state index contributed by atoms with van der Waals surface area (Å²) in [4.78, 5) is 18.4. The van der Waals surface area contributed by atoms with Crippen LogP contribution >= 0.6 is 11.3 Å². The van der Waals surface area contributed by atoms with E-state index in [9.17, 15) is 4.79 Å². The number of fused-ring (bicyclic) bond motifs is 1. The predicted octanol–water partition coefficient (Wildman–Crippen LogP) is 3.77. The van der Waals surface area contributed by atoms with Gasteiger partial charge < -0.3 is 15.5 Å². The average Bonchev–Trinajstić information content (AvgIpc) is 3.41. The Bertz CT molecular complexity index is 786. The van der Waals surface area contributed by atoms with E-state index in [-0.39, 0.29) is 12.1 Å². The van der Waals surface area contributed by atoms with Crippen LogP contribution in [0.1, 0.15) is 41.3 Å². The van der Waals surface area contributed by atoms with Crippen molar-refractivity contribution in [3.05, 3.63) is 51.7 Å².